The van der Waals surface area contributed by atoms with Gasteiger partial charge in [-0.15, -0.1) is 0 Å². The Balaban J connectivity index is 2.32. The predicted octanol–water partition coefficient (Wildman–Crippen LogP) is 3.48. The van der Waals surface area contributed by atoms with E-state index in [1.165, 1.54) is 13.8 Å². The highest BCUT2D eigenvalue weighted by atomic mass is 19.4. The van der Waals surface area contributed by atoms with Crippen LogP contribution < -0.4 is 10.1 Å². The van der Waals surface area contributed by atoms with E-state index in [0.29, 0.717) is 12.1 Å². The summed E-state index contributed by atoms with van der Waals surface area (Å²) in [7, 11) is 0. The smallest absolute Gasteiger partial charge is 0.416 e. The van der Waals surface area contributed by atoms with Crippen LogP contribution in [-0.4, -0.2) is 30.8 Å². The molecule has 0 radical (unpaired) electrons. The van der Waals surface area contributed by atoms with Crippen molar-refractivity contribution in [2.75, 3.05) is 11.9 Å². The van der Waals surface area contributed by atoms with E-state index in [1.807, 2.05) is 0 Å². The van der Waals surface area contributed by atoms with Gasteiger partial charge in [-0.1, -0.05) is 0 Å². The lowest BCUT2D eigenvalue weighted by atomic mass is 10.1. The Morgan fingerprint density at radius 3 is 2.30 bits per heavy atom. The molecule has 0 bridgehead atoms. The number of ether oxygens (including phenoxy) is 3. The number of hydrogen-bond donors (Lipinski definition) is 1. The van der Waals surface area contributed by atoms with Gasteiger partial charge < -0.3 is 19.5 Å². The first kappa shape index (κ1) is 20.5. The maximum atomic E-state index is 12.9. The van der Waals surface area contributed by atoms with Crippen molar-refractivity contribution in [3.05, 3.63) is 35.5 Å². The molecular formula is C16H14F5NO5. The molecular weight excluding hydrogens is 381 g/mol. The van der Waals surface area contributed by atoms with Gasteiger partial charge in [-0.25, -0.2) is 18.4 Å². The molecule has 1 N–H and O–H groups in total. The van der Waals surface area contributed by atoms with Crippen LogP contribution in [0.5, 0.6) is 5.75 Å². The Bertz CT molecular complexity index is 751. The van der Waals surface area contributed by atoms with Gasteiger partial charge in [0.15, 0.2) is 5.57 Å². The molecule has 1 aromatic carbocycles. The number of esters is 2. The highest BCUT2D eigenvalue weighted by Crippen LogP contribution is 2.35. The molecule has 1 heterocycles. The summed E-state index contributed by atoms with van der Waals surface area (Å²) in [6, 6.07) is 2.07. The Hall–Kier alpha value is -2.85. The van der Waals surface area contributed by atoms with E-state index >= 15 is 0 Å². The van der Waals surface area contributed by atoms with Crippen LogP contribution in [-0.2, 0) is 25.2 Å². The minimum absolute atomic E-state index is 0.335. The van der Waals surface area contributed by atoms with E-state index in [2.05, 4.69) is 5.32 Å². The highest BCUT2D eigenvalue weighted by Gasteiger charge is 2.39. The fourth-order valence-corrected chi connectivity index (χ4v) is 2.03. The molecule has 11 heteroatoms. The molecule has 0 unspecified atom stereocenters. The van der Waals surface area contributed by atoms with Gasteiger partial charge in [0.05, 0.1) is 11.3 Å². The zero-order chi connectivity index (χ0) is 20.4. The second-order valence-corrected chi connectivity index (χ2v) is 5.79. The number of halogens is 5. The Labute approximate surface area is 149 Å². The topological polar surface area (TPSA) is 73.9 Å². The first-order valence-corrected chi connectivity index (χ1v) is 7.44. The summed E-state index contributed by atoms with van der Waals surface area (Å²) in [6.07, 6.45) is -6.81. The largest absolute Gasteiger partial charge is 0.485 e. The monoisotopic (exact) mass is 395 g/mol. The SMILES string of the molecule is CC1(C)OC(=O)C(=CNc2cc(C(F)(F)F)ccc2OCC(F)F)C(=O)O1. The van der Waals surface area contributed by atoms with Crippen LogP contribution in [0, 0.1) is 0 Å². The van der Waals surface area contributed by atoms with Crippen molar-refractivity contribution in [1.29, 1.82) is 0 Å². The average molecular weight is 395 g/mol. The second-order valence-electron chi connectivity index (χ2n) is 5.79. The van der Waals surface area contributed by atoms with Crippen LogP contribution in [0.25, 0.3) is 0 Å². The molecule has 148 valence electrons. The summed E-state index contributed by atoms with van der Waals surface area (Å²) in [5.74, 6) is -3.96. The Kier molecular flexibility index (Phi) is 5.62. The van der Waals surface area contributed by atoms with Gasteiger partial charge in [-0.3, -0.25) is 0 Å². The molecule has 1 aliphatic heterocycles. The van der Waals surface area contributed by atoms with Gasteiger partial charge in [0.1, 0.15) is 12.4 Å². The summed E-state index contributed by atoms with van der Waals surface area (Å²) < 4.78 is 77.6. The normalized spacial score (nSPS) is 16.7. The minimum Gasteiger partial charge on any atom is -0.485 e. The van der Waals surface area contributed by atoms with E-state index in [0.717, 1.165) is 12.3 Å². The van der Waals surface area contributed by atoms with Crippen LogP contribution in [0.15, 0.2) is 30.0 Å². The van der Waals surface area contributed by atoms with Crippen molar-refractivity contribution in [3.8, 4) is 5.75 Å². The molecule has 27 heavy (non-hydrogen) atoms. The lowest BCUT2D eigenvalue weighted by Crippen LogP contribution is -2.42. The highest BCUT2D eigenvalue weighted by molar-refractivity contribution is 6.15. The zero-order valence-electron chi connectivity index (χ0n) is 14.0. The number of alkyl halides is 5. The first-order chi connectivity index (χ1) is 12.4. The van der Waals surface area contributed by atoms with Crippen molar-refractivity contribution in [3.63, 3.8) is 0 Å². The second kappa shape index (κ2) is 7.41. The molecule has 1 saturated heterocycles. The molecule has 1 fully saturated rings. The number of benzene rings is 1. The van der Waals surface area contributed by atoms with Crippen molar-refractivity contribution < 1.29 is 45.8 Å². The molecule has 1 aliphatic rings. The Morgan fingerprint density at radius 2 is 1.78 bits per heavy atom. The third kappa shape index (κ3) is 5.31. The first-order valence-electron chi connectivity index (χ1n) is 7.44. The van der Waals surface area contributed by atoms with Gasteiger partial charge in [-0.05, 0) is 18.2 Å². The van der Waals surface area contributed by atoms with E-state index in [4.69, 9.17) is 14.2 Å². The quantitative estimate of drug-likeness (QED) is 0.356. The number of carbonyl (C=O) groups excluding carboxylic acids is 2. The van der Waals surface area contributed by atoms with E-state index in [-0.39, 0.29) is 11.4 Å². The van der Waals surface area contributed by atoms with Gasteiger partial charge in [-0.2, -0.15) is 13.2 Å². The Morgan fingerprint density at radius 1 is 1.19 bits per heavy atom. The molecule has 0 saturated carbocycles. The number of nitrogens with one attached hydrogen (secondary N) is 1. The van der Waals surface area contributed by atoms with Crippen LogP contribution in [0.2, 0.25) is 0 Å². The number of carbonyl (C=O) groups is 2. The van der Waals surface area contributed by atoms with Gasteiger partial charge in [0, 0.05) is 20.0 Å². The van der Waals surface area contributed by atoms with E-state index < -0.39 is 48.1 Å². The van der Waals surface area contributed by atoms with E-state index in [9.17, 15) is 31.5 Å². The summed E-state index contributed by atoms with van der Waals surface area (Å²) >= 11 is 0. The van der Waals surface area contributed by atoms with E-state index in [1.54, 1.807) is 0 Å². The fourth-order valence-electron chi connectivity index (χ4n) is 2.03. The average Bonchev–Trinajstić information content (AvgIpc) is 2.50. The van der Waals surface area contributed by atoms with Gasteiger partial charge in [0.25, 0.3) is 12.2 Å². The molecule has 2 rings (SSSR count). The lowest BCUT2D eigenvalue weighted by molar-refractivity contribution is -0.222. The summed E-state index contributed by atoms with van der Waals surface area (Å²) in [6.45, 7) is 1.57. The maximum Gasteiger partial charge on any atom is 0.416 e. The third-order valence-electron chi connectivity index (χ3n) is 3.16. The molecule has 0 aliphatic carbocycles. The number of hydrogen-bond acceptors (Lipinski definition) is 6. The van der Waals surface area contributed by atoms with Crippen LogP contribution in [0.3, 0.4) is 0 Å². The van der Waals surface area contributed by atoms with Crippen LogP contribution >= 0.6 is 0 Å². The standard InChI is InChI=1S/C16H14F5NO5/c1-15(2)26-13(23)9(14(24)27-15)6-22-10-5-8(16(19,20)21)3-4-11(10)25-7-12(17)18/h3-6,12,22H,7H2,1-2H3. The predicted molar refractivity (Wildman–Crippen MR) is 80.9 cm³/mol. The van der Waals surface area contributed by atoms with Gasteiger partial charge >= 0.3 is 18.1 Å². The summed E-state index contributed by atoms with van der Waals surface area (Å²) in [5.41, 5.74) is -2.10. The van der Waals surface area contributed by atoms with Crippen molar-refractivity contribution >= 4 is 17.6 Å². The third-order valence-corrected chi connectivity index (χ3v) is 3.16. The molecule has 0 amide bonds. The van der Waals surface area contributed by atoms with Gasteiger partial charge in [0.2, 0.25) is 0 Å². The molecule has 0 atom stereocenters. The lowest BCUT2D eigenvalue weighted by Gasteiger charge is -2.29. The van der Waals surface area contributed by atoms with Crippen molar-refractivity contribution in [1.82, 2.24) is 0 Å². The van der Waals surface area contributed by atoms with Crippen molar-refractivity contribution in [2.24, 2.45) is 0 Å². The zero-order valence-corrected chi connectivity index (χ0v) is 14.0. The minimum atomic E-state index is -4.71. The van der Waals surface area contributed by atoms with Crippen LogP contribution in [0.4, 0.5) is 27.6 Å². The fraction of sp³-hybridized carbons (Fsp3) is 0.375. The summed E-state index contributed by atoms with van der Waals surface area (Å²) in [5, 5.41) is 2.27. The molecule has 1 aromatic rings. The molecule has 0 spiro atoms. The van der Waals surface area contributed by atoms with Crippen molar-refractivity contribution in [2.45, 2.75) is 32.2 Å². The molecule has 6 nitrogen and oxygen atoms in total. The van der Waals surface area contributed by atoms with Crippen LogP contribution in [0.1, 0.15) is 19.4 Å². The number of anilines is 1. The summed E-state index contributed by atoms with van der Waals surface area (Å²) in [4.78, 5) is 23.7. The maximum absolute atomic E-state index is 12.9. The number of cyclic esters (lactones) is 2. The molecule has 0 aromatic heterocycles. The number of rotatable bonds is 5.